The maximum atomic E-state index is 6.27. The average Bonchev–Trinajstić information content (AvgIpc) is 2.48. The van der Waals surface area contributed by atoms with Crippen LogP contribution < -0.4 is 10.5 Å². The molecular formula is C18H22BrNO. The second-order valence-electron chi connectivity index (χ2n) is 5.43. The molecule has 0 aromatic heterocycles. The van der Waals surface area contributed by atoms with E-state index in [1.165, 1.54) is 5.56 Å². The van der Waals surface area contributed by atoms with Crippen molar-refractivity contribution in [1.29, 1.82) is 0 Å². The van der Waals surface area contributed by atoms with E-state index in [2.05, 4.69) is 61.0 Å². The van der Waals surface area contributed by atoms with E-state index >= 15 is 0 Å². The van der Waals surface area contributed by atoms with Gasteiger partial charge < -0.3 is 10.5 Å². The third kappa shape index (κ3) is 4.08. The van der Waals surface area contributed by atoms with Crippen molar-refractivity contribution in [1.82, 2.24) is 0 Å². The fourth-order valence-electron chi connectivity index (χ4n) is 2.21. The van der Waals surface area contributed by atoms with Gasteiger partial charge in [0.05, 0.1) is 0 Å². The summed E-state index contributed by atoms with van der Waals surface area (Å²) >= 11 is 3.51. The molecular weight excluding hydrogens is 326 g/mol. The molecule has 0 bridgehead atoms. The topological polar surface area (TPSA) is 35.2 Å². The summed E-state index contributed by atoms with van der Waals surface area (Å²) in [5, 5.41) is 0. The lowest BCUT2D eigenvalue weighted by atomic mass is 9.99. The lowest BCUT2D eigenvalue weighted by Crippen LogP contribution is -2.31. The second-order valence-corrected chi connectivity index (χ2v) is 6.29. The van der Waals surface area contributed by atoms with Crippen LogP contribution in [-0.4, -0.2) is 6.04 Å². The zero-order chi connectivity index (χ0) is 15.4. The molecule has 2 atom stereocenters. The van der Waals surface area contributed by atoms with Crippen LogP contribution in [0, 0.1) is 13.8 Å². The third-order valence-electron chi connectivity index (χ3n) is 3.66. The number of benzene rings is 2. The van der Waals surface area contributed by atoms with Crippen LogP contribution in [0.25, 0.3) is 0 Å². The molecule has 0 radical (unpaired) electrons. The summed E-state index contributed by atoms with van der Waals surface area (Å²) in [6, 6.07) is 14.4. The van der Waals surface area contributed by atoms with E-state index in [0.29, 0.717) is 0 Å². The van der Waals surface area contributed by atoms with Crippen molar-refractivity contribution in [2.45, 2.75) is 39.3 Å². The molecule has 0 aliphatic carbocycles. The first-order chi connectivity index (χ1) is 10.0. The van der Waals surface area contributed by atoms with Crippen molar-refractivity contribution < 1.29 is 4.74 Å². The van der Waals surface area contributed by atoms with E-state index in [-0.39, 0.29) is 12.1 Å². The number of rotatable bonds is 5. The molecule has 0 saturated heterocycles. The molecule has 0 spiro atoms. The number of ether oxygens (including phenoxy) is 1. The summed E-state index contributed by atoms with van der Waals surface area (Å²) < 4.78 is 7.27. The highest BCUT2D eigenvalue weighted by atomic mass is 79.9. The van der Waals surface area contributed by atoms with Crippen molar-refractivity contribution in [2.24, 2.45) is 5.73 Å². The molecule has 21 heavy (non-hydrogen) atoms. The summed E-state index contributed by atoms with van der Waals surface area (Å²) in [6.07, 6.45) is 0.741. The molecule has 0 aliphatic rings. The molecule has 0 amide bonds. The zero-order valence-electron chi connectivity index (χ0n) is 12.8. The van der Waals surface area contributed by atoms with Gasteiger partial charge in [-0.1, -0.05) is 52.7 Å². The monoisotopic (exact) mass is 347 g/mol. The Bertz CT molecular complexity index is 595. The second kappa shape index (κ2) is 7.10. The van der Waals surface area contributed by atoms with Crippen LogP contribution in [0.1, 0.15) is 36.1 Å². The zero-order valence-corrected chi connectivity index (χ0v) is 14.4. The van der Waals surface area contributed by atoms with Gasteiger partial charge >= 0.3 is 0 Å². The predicted molar refractivity (Wildman–Crippen MR) is 91.7 cm³/mol. The van der Waals surface area contributed by atoms with Crippen molar-refractivity contribution >= 4 is 15.9 Å². The molecule has 2 rings (SSSR count). The number of aryl methyl sites for hydroxylation is 2. The number of nitrogens with two attached hydrogens (primary N) is 1. The van der Waals surface area contributed by atoms with Gasteiger partial charge in [-0.05, 0) is 49.6 Å². The third-order valence-corrected chi connectivity index (χ3v) is 4.55. The van der Waals surface area contributed by atoms with E-state index in [9.17, 15) is 0 Å². The molecule has 0 saturated carbocycles. The fraction of sp³-hybridized carbons (Fsp3) is 0.333. The molecule has 3 heteroatoms. The molecule has 0 fully saturated rings. The summed E-state index contributed by atoms with van der Waals surface area (Å²) in [5.74, 6) is 0.852. The maximum absolute atomic E-state index is 6.27. The maximum Gasteiger partial charge on any atom is 0.139 e. The Hall–Kier alpha value is -1.32. The van der Waals surface area contributed by atoms with Gasteiger partial charge in [-0.3, -0.25) is 0 Å². The first kappa shape index (κ1) is 16.1. The van der Waals surface area contributed by atoms with Crippen molar-refractivity contribution in [3.8, 4) is 5.75 Å². The molecule has 0 aliphatic heterocycles. The molecule has 0 heterocycles. The van der Waals surface area contributed by atoms with Gasteiger partial charge in [0.2, 0.25) is 0 Å². The number of hydrogen-bond donors (Lipinski definition) is 1. The minimum Gasteiger partial charge on any atom is -0.484 e. The van der Waals surface area contributed by atoms with E-state index < -0.39 is 0 Å². The first-order valence-electron chi connectivity index (χ1n) is 7.26. The van der Waals surface area contributed by atoms with E-state index in [1.54, 1.807) is 0 Å². The van der Waals surface area contributed by atoms with Gasteiger partial charge in [-0.2, -0.15) is 0 Å². The quantitative estimate of drug-likeness (QED) is 0.832. The van der Waals surface area contributed by atoms with Crippen molar-refractivity contribution in [3.63, 3.8) is 0 Å². The van der Waals surface area contributed by atoms with Gasteiger partial charge in [0.1, 0.15) is 11.9 Å². The molecule has 112 valence electrons. The Morgan fingerprint density at radius 1 is 1.10 bits per heavy atom. The van der Waals surface area contributed by atoms with Crippen molar-refractivity contribution in [3.05, 3.63) is 63.6 Å². The van der Waals surface area contributed by atoms with Crippen molar-refractivity contribution in [2.75, 3.05) is 0 Å². The van der Waals surface area contributed by atoms with E-state index in [0.717, 1.165) is 27.8 Å². The van der Waals surface area contributed by atoms with Crippen LogP contribution in [0.15, 0.2) is 46.9 Å². The Labute approximate surface area is 135 Å². The van der Waals surface area contributed by atoms with Gasteiger partial charge in [0, 0.05) is 10.5 Å². The first-order valence-corrected chi connectivity index (χ1v) is 8.05. The summed E-state index contributed by atoms with van der Waals surface area (Å²) in [5.41, 5.74) is 9.78. The van der Waals surface area contributed by atoms with Crippen LogP contribution in [0.4, 0.5) is 0 Å². The highest BCUT2D eigenvalue weighted by Gasteiger charge is 2.20. The van der Waals surface area contributed by atoms with E-state index in [4.69, 9.17) is 10.5 Å². The molecule has 2 aromatic carbocycles. The SMILES string of the molecule is CCC(N)C(Oc1ccc(Br)c(C)c1)c1ccc(C)cc1. The highest BCUT2D eigenvalue weighted by Crippen LogP contribution is 2.28. The predicted octanol–water partition coefficient (Wildman–Crippen LogP) is 4.92. The Kier molecular flexibility index (Phi) is 5.43. The number of halogens is 1. The summed E-state index contributed by atoms with van der Waals surface area (Å²) in [6.45, 7) is 6.22. The van der Waals surface area contributed by atoms with Crippen LogP contribution in [0.3, 0.4) is 0 Å². The molecule has 2 nitrogen and oxygen atoms in total. The Morgan fingerprint density at radius 3 is 2.33 bits per heavy atom. The van der Waals surface area contributed by atoms with Crippen LogP contribution in [0.5, 0.6) is 5.75 Å². The van der Waals surface area contributed by atoms with Crippen LogP contribution >= 0.6 is 15.9 Å². The minimum absolute atomic E-state index is 0.0309. The highest BCUT2D eigenvalue weighted by molar-refractivity contribution is 9.10. The Balaban J connectivity index is 2.28. The van der Waals surface area contributed by atoms with Gasteiger partial charge in [-0.25, -0.2) is 0 Å². The van der Waals surface area contributed by atoms with Crippen LogP contribution in [0.2, 0.25) is 0 Å². The normalized spacial score (nSPS) is 13.8. The van der Waals surface area contributed by atoms with Gasteiger partial charge in [0.25, 0.3) is 0 Å². The molecule has 2 N–H and O–H groups in total. The smallest absolute Gasteiger partial charge is 0.139 e. The fourth-order valence-corrected chi connectivity index (χ4v) is 2.46. The lowest BCUT2D eigenvalue weighted by Gasteiger charge is -2.25. The standard InChI is InChI=1S/C18H22BrNO/c1-4-17(20)18(14-7-5-12(2)6-8-14)21-15-9-10-16(19)13(3)11-15/h5-11,17-18H,4,20H2,1-3H3. The summed E-state index contributed by atoms with van der Waals surface area (Å²) in [4.78, 5) is 0. The molecule has 2 aromatic rings. The number of hydrogen-bond acceptors (Lipinski definition) is 2. The van der Waals surface area contributed by atoms with Gasteiger partial charge in [-0.15, -0.1) is 0 Å². The average molecular weight is 348 g/mol. The summed E-state index contributed by atoms with van der Waals surface area (Å²) in [7, 11) is 0. The Morgan fingerprint density at radius 2 is 1.76 bits per heavy atom. The van der Waals surface area contributed by atoms with E-state index in [1.807, 2.05) is 18.2 Å². The largest absolute Gasteiger partial charge is 0.484 e. The lowest BCUT2D eigenvalue weighted by molar-refractivity contribution is 0.171. The molecule has 2 unspecified atom stereocenters. The van der Waals surface area contributed by atoms with Gasteiger partial charge in [0.15, 0.2) is 0 Å². The van der Waals surface area contributed by atoms with Crippen LogP contribution in [-0.2, 0) is 0 Å². The minimum atomic E-state index is -0.129.